The Balaban J connectivity index is 1.54. The number of aryl methyl sites for hydroxylation is 1. The number of aromatic nitrogens is 2. The van der Waals surface area contributed by atoms with Gasteiger partial charge in [0.2, 0.25) is 5.95 Å². The molecule has 0 amide bonds. The van der Waals surface area contributed by atoms with Crippen molar-refractivity contribution < 1.29 is 9.47 Å². The van der Waals surface area contributed by atoms with Crippen molar-refractivity contribution in [3.8, 4) is 11.5 Å². The zero-order chi connectivity index (χ0) is 25.1. The molecule has 1 aliphatic rings. The molecule has 0 saturated carbocycles. The maximum atomic E-state index is 13.8. The van der Waals surface area contributed by atoms with Gasteiger partial charge >= 0.3 is 0 Å². The number of nitrogens with zero attached hydrogens (tertiary/aromatic N) is 4. The lowest BCUT2D eigenvalue weighted by Crippen LogP contribution is -2.47. The van der Waals surface area contributed by atoms with E-state index < -0.39 is 0 Å². The summed E-state index contributed by atoms with van der Waals surface area (Å²) in [6, 6.07) is 26.0. The number of hydrogen-bond donors (Lipinski definition) is 0. The third-order valence-electron chi connectivity index (χ3n) is 6.55. The Bertz CT molecular complexity index is 1380. The van der Waals surface area contributed by atoms with Crippen LogP contribution in [0.25, 0.3) is 0 Å². The standard InChI is InChI=1S/C29H30N4O3/c1-21-27(17-22-7-5-4-6-8-22)28(34)33-20-31(18-23-9-13-25(35-2)14-10-23)19-32(29(33)30-21)24-11-15-26(36-3)16-12-24/h4-16H,17-20H2,1-3H3. The van der Waals surface area contributed by atoms with Gasteiger partial charge in [0, 0.05) is 24.2 Å². The normalized spacial score (nSPS) is 13.4. The summed E-state index contributed by atoms with van der Waals surface area (Å²) in [5, 5.41) is 0. The lowest BCUT2D eigenvalue weighted by atomic mass is 10.1. The van der Waals surface area contributed by atoms with E-state index in [0.717, 1.165) is 39.6 Å². The van der Waals surface area contributed by atoms with E-state index in [4.69, 9.17) is 14.5 Å². The van der Waals surface area contributed by atoms with Crippen LogP contribution in [0.2, 0.25) is 0 Å². The van der Waals surface area contributed by atoms with Crippen molar-refractivity contribution in [2.24, 2.45) is 0 Å². The Morgan fingerprint density at radius 1 is 0.806 bits per heavy atom. The van der Waals surface area contributed by atoms with E-state index in [9.17, 15) is 4.79 Å². The summed E-state index contributed by atoms with van der Waals surface area (Å²) < 4.78 is 12.4. The van der Waals surface area contributed by atoms with E-state index in [2.05, 4.69) is 21.9 Å². The average Bonchev–Trinajstić information content (AvgIpc) is 2.92. The molecule has 1 aromatic heterocycles. The van der Waals surface area contributed by atoms with Gasteiger partial charge in [-0.3, -0.25) is 19.2 Å². The molecule has 36 heavy (non-hydrogen) atoms. The molecule has 2 heterocycles. The van der Waals surface area contributed by atoms with E-state index in [-0.39, 0.29) is 5.56 Å². The van der Waals surface area contributed by atoms with Crippen LogP contribution in [0.3, 0.4) is 0 Å². The van der Waals surface area contributed by atoms with Crippen LogP contribution in [0.15, 0.2) is 83.7 Å². The van der Waals surface area contributed by atoms with Crippen LogP contribution in [-0.4, -0.2) is 35.3 Å². The first kappa shape index (κ1) is 23.6. The van der Waals surface area contributed by atoms with Crippen molar-refractivity contribution in [2.45, 2.75) is 26.6 Å². The Hall–Kier alpha value is -4.10. The molecule has 0 spiro atoms. The number of anilines is 2. The molecule has 0 bridgehead atoms. The lowest BCUT2D eigenvalue weighted by molar-refractivity contribution is 0.189. The van der Waals surface area contributed by atoms with Crippen LogP contribution in [0, 0.1) is 6.92 Å². The number of rotatable bonds is 7. The van der Waals surface area contributed by atoms with Crippen molar-refractivity contribution in [1.82, 2.24) is 14.5 Å². The Morgan fingerprint density at radius 3 is 2.08 bits per heavy atom. The van der Waals surface area contributed by atoms with Crippen molar-refractivity contribution in [3.63, 3.8) is 0 Å². The van der Waals surface area contributed by atoms with Gasteiger partial charge < -0.3 is 9.47 Å². The second kappa shape index (κ2) is 10.3. The fourth-order valence-corrected chi connectivity index (χ4v) is 4.58. The number of hydrogen-bond acceptors (Lipinski definition) is 6. The van der Waals surface area contributed by atoms with Crippen molar-refractivity contribution in [3.05, 3.63) is 112 Å². The molecule has 0 unspecified atom stereocenters. The number of ether oxygens (including phenoxy) is 2. The first-order valence-corrected chi connectivity index (χ1v) is 12.0. The molecule has 0 atom stereocenters. The molecule has 7 heteroatoms. The predicted octanol–water partition coefficient (Wildman–Crippen LogP) is 4.73. The number of methoxy groups -OCH3 is 2. The third-order valence-corrected chi connectivity index (χ3v) is 6.55. The molecule has 0 aliphatic carbocycles. The summed E-state index contributed by atoms with van der Waals surface area (Å²) >= 11 is 0. The molecule has 7 nitrogen and oxygen atoms in total. The van der Waals surface area contributed by atoms with Gasteiger partial charge in [0.05, 0.1) is 33.3 Å². The minimum atomic E-state index is -0.000652. The Morgan fingerprint density at radius 2 is 1.44 bits per heavy atom. The summed E-state index contributed by atoms with van der Waals surface area (Å²) in [4.78, 5) is 23.1. The summed E-state index contributed by atoms with van der Waals surface area (Å²) in [6.07, 6.45) is 0.555. The molecule has 4 aromatic rings. The fourth-order valence-electron chi connectivity index (χ4n) is 4.58. The zero-order valence-electron chi connectivity index (χ0n) is 20.8. The van der Waals surface area contributed by atoms with Gasteiger partial charge in [-0.05, 0) is 54.4 Å². The zero-order valence-corrected chi connectivity index (χ0v) is 20.8. The highest BCUT2D eigenvalue weighted by molar-refractivity contribution is 5.59. The van der Waals surface area contributed by atoms with Crippen molar-refractivity contribution in [2.75, 3.05) is 25.8 Å². The molecular formula is C29H30N4O3. The van der Waals surface area contributed by atoms with E-state index >= 15 is 0 Å². The molecule has 0 N–H and O–H groups in total. The molecule has 184 valence electrons. The average molecular weight is 483 g/mol. The maximum Gasteiger partial charge on any atom is 0.259 e. The fraction of sp³-hybridized carbons (Fsp3) is 0.241. The Kier molecular flexibility index (Phi) is 6.73. The molecule has 1 aliphatic heterocycles. The van der Waals surface area contributed by atoms with Gasteiger partial charge in [-0.15, -0.1) is 0 Å². The van der Waals surface area contributed by atoms with Gasteiger partial charge in [0.15, 0.2) is 0 Å². The molecule has 0 fully saturated rings. The van der Waals surface area contributed by atoms with Crippen LogP contribution in [0.5, 0.6) is 11.5 Å². The Labute approximate surface area is 211 Å². The molecule has 0 radical (unpaired) electrons. The SMILES string of the molecule is COc1ccc(CN2CN(c3ccc(OC)cc3)c3nc(C)c(Cc4ccccc4)c(=O)n3C2)cc1. The van der Waals surface area contributed by atoms with Crippen LogP contribution >= 0.6 is 0 Å². The highest BCUT2D eigenvalue weighted by Gasteiger charge is 2.28. The quantitative estimate of drug-likeness (QED) is 0.380. The number of benzene rings is 3. The molecule has 5 rings (SSSR count). The van der Waals surface area contributed by atoms with Crippen LogP contribution in [0.1, 0.15) is 22.4 Å². The first-order valence-electron chi connectivity index (χ1n) is 12.0. The highest BCUT2D eigenvalue weighted by atomic mass is 16.5. The van der Waals surface area contributed by atoms with Crippen molar-refractivity contribution >= 4 is 11.6 Å². The number of fused-ring (bicyclic) bond motifs is 1. The minimum absolute atomic E-state index is 0.000652. The summed E-state index contributed by atoms with van der Waals surface area (Å²) in [5.74, 6) is 2.26. The van der Waals surface area contributed by atoms with Crippen LogP contribution in [-0.2, 0) is 19.6 Å². The molecular weight excluding hydrogens is 452 g/mol. The van der Waals surface area contributed by atoms with E-state index in [0.29, 0.717) is 32.3 Å². The van der Waals surface area contributed by atoms with Gasteiger partial charge in [0.25, 0.3) is 5.56 Å². The van der Waals surface area contributed by atoms with E-state index in [1.807, 2.05) is 73.7 Å². The highest BCUT2D eigenvalue weighted by Crippen LogP contribution is 2.30. The third kappa shape index (κ3) is 4.83. The van der Waals surface area contributed by atoms with Crippen LogP contribution in [0.4, 0.5) is 11.6 Å². The van der Waals surface area contributed by atoms with Gasteiger partial charge in [-0.2, -0.15) is 0 Å². The smallest absolute Gasteiger partial charge is 0.259 e. The first-order chi connectivity index (χ1) is 17.6. The minimum Gasteiger partial charge on any atom is -0.497 e. The summed E-state index contributed by atoms with van der Waals surface area (Å²) in [7, 11) is 3.32. The largest absolute Gasteiger partial charge is 0.497 e. The van der Waals surface area contributed by atoms with Crippen molar-refractivity contribution in [1.29, 1.82) is 0 Å². The second-order valence-electron chi connectivity index (χ2n) is 8.96. The topological polar surface area (TPSA) is 59.8 Å². The molecule has 3 aromatic carbocycles. The summed E-state index contributed by atoms with van der Waals surface area (Å²) in [6.45, 7) is 3.67. The molecule has 0 saturated heterocycles. The second-order valence-corrected chi connectivity index (χ2v) is 8.96. The monoisotopic (exact) mass is 482 g/mol. The summed E-state index contributed by atoms with van der Waals surface area (Å²) in [5.41, 5.74) is 4.68. The van der Waals surface area contributed by atoms with Gasteiger partial charge in [-0.1, -0.05) is 42.5 Å². The maximum absolute atomic E-state index is 13.8. The van der Waals surface area contributed by atoms with Crippen LogP contribution < -0.4 is 19.9 Å². The lowest BCUT2D eigenvalue weighted by Gasteiger charge is -2.38. The predicted molar refractivity (Wildman–Crippen MR) is 141 cm³/mol. The van der Waals surface area contributed by atoms with Gasteiger partial charge in [-0.25, -0.2) is 4.98 Å². The van der Waals surface area contributed by atoms with E-state index in [1.165, 1.54) is 0 Å². The van der Waals surface area contributed by atoms with Gasteiger partial charge in [0.1, 0.15) is 11.5 Å². The van der Waals surface area contributed by atoms with E-state index in [1.54, 1.807) is 18.8 Å².